The van der Waals surface area contributed by atoms with Crippen molar-refractivity contribution in [3.05, 3.63) is 87.3 Å². The van der Waals surface area contributed by atoms with Gasteiger partial charge < -0.3 is 14.6 Å². The molecule has 176 valence electrons. The summed E-state index contributed by atoms with van der Waals surface area (Å²) in [6, 6.07) is 14.5. The second-order valence-electron chi connectivity index (χ2n) is 8.25. The molecule has 1 amide bonds. The number of benzene rings is 1. The number of aryl methyl sites for hydroxylation is 2. The van der Waals surface area contributed by atoms with Crippen LogP contribution in [0.2, 0.25) is 0 Å². The first-order chi connectivity index (χ1) is 16.4. The van der Waals surface area contributed by atoms with E-state index in [1.807, 2.05) is 57.2 Å². The molecule has 0 bridgehead atoms. The first-order valence-corrected chi connectivity index (χ1v) is 11.5. The maximum Gasteiger partial charge on any atom is 0.267 e. The van der Waals surface area contributed by atoms with Crippen molar-refractivity contribution < 1.29 is 9.53 Å². The van der Waals surface area contributed by atoms with Crippen LogP contribution in [0, 0.1) is 12.3 Å². The number of hydrogen-bond donors (Lipinski definition) is 2. The molecule has 0 fully saturated rings. The number of nitrogens with zero attached hydrogens (tertiary/aromatic N) is 3. The van der Waals surface area contributed by atoms with Crippen molar-refractivity contribution in [1.29, 1.82) is 5.41 Å². The first kappa shape index (κ1) is 23.4. The van der Waals surface area contributed by atoms with Gasteiger partial charge in [0.1, 0.15) is 16.8 Å². The summed E-state index contributed by atoms with van der Waals surface area (Å²) in [5.74, 6) is -0.407. The summed E-state index contributed by atoms with van der Waals surface area (Å²) in [6.45, 7) is 7.22. The molecule has 8 heteroatoms. The third-order valence-corrected chi connectivity index (χ3v) is 5.90. The van der Waals surface area contributed by atoms with E-state index in [1.165, 1.54) is 10.5 Å². The molecule has 0 spiro atoms. The van der Waals surface area contributed by atoms with Crippen LogP contribution in [0.3, 0.4) is 0 Å². The highest BCUT2D eigenvalue weighted by Crippen LogP contribution is 2.15. The molecule has 0 saturated heterocycles. The molecule has 34 heavy (non-hydrogen) atoms. The Hall–Kier alpha value is -3.78. The van der Waals surface area contributed by atoms with Crippen molar-refractivity contribution in [2.75, 3.05) is 13.2 Å². The van der Waals surface area contributed by atoms with Crippen molar-refractivity contribution in [3.63, 3.8) is 0 Å². The quantitative estimate of drug-likeness (QED) is 0.312. The van der Waals surface area contributed by atoms with Gasteiger partial charge >= 0.3 is 0 Å². The zero-order chi connectivity index (χ0) is 24.2. The smallest absolute Gasteiger partial charge is 0.267 e. The molecule has 8 nitrogen and oxygen atoms in total. The number of amides is 1. The number of hydrogen-bond acceptors (Lipinski definition) is 5. The lowest BCUT2D eigenvalue weighted by atomic mass is 10.1. The van der Waals surface area contributed by atoms with Crippen LogP contribution in [0.1, 0.15) is 47.8 Å². The van der Waals surface area contributed by atoms with Crippen LogP contribution in [-0.2, 0) is 11.3 Å². The fraction of sp³-hybridized carbons (Fsp3) is 0.308. The molecule has 0 aliphatic rings. The average Bonchev–Trinajstić information content (AvgIpc) is 2.84. The summed E-state index contributed by atoms with van der Waals surface area (Å²) in [6.07, 6.45) is 2.29. The zero-order valence-electron chi connectivity index (χ0n) is 19.7. The van der Waals surface area contributed by atoms with E-state index in [-0.39, 0.29) is 22.7 Å². The Morgan fingerprint density at radius 1 is 1.18 bits per heavy atom. The minimum atomic E-state index is -0.407. The van der Waals surface area contributed by atoms with E-state index in [0.29, 0.717) is 42.9 Å². The summed E-state index contributed by atoms with van der Waals surface area (Å²) >= 11 is 0. The van der Waals surface area contributed by atoms with Crippen molar-refractivity contribution in [2.45, 2.75) is 39.8 Å². The number of rotatable bonds is 8. The fourth-order valence-corrected chi connectivity index (χ4v) is 4.06. The number of fused-ring (bicyclic) bond motifs is 2. The monoisotopic (exact) mass is 459 g/mol. The summed E-state index contributed by atoms with van der Waals surface area (Å²) in [7, 11) is 0. The number of aromatic nitrogens is 3. The number of pyridine rings is 2. The predicted octanol–water partition coefficient (Wildman–Crippen LogP) is 3.35. The largest absolute Gasteiger partial charge is 0.382 e. The molecule has 4 aromatic rings. The normalized spacial score (nSPS) is 12.2. The van der Waals surface area contributed by atoms with Crippen LogP contribution in [0.15, 0.2) is 59.5 Å². The van der Waals surface area contributed by atoms with Gasteiger partial charge in [-0.15, -0.1) is 0 Å². The highest BCUT2D eigenvalue weighted by molar-refractivity contribution is 5.97. The van der Waals surface area contributed by atoms with E-state index in [2.05, 4.69) is 5.32 Å². The third kappa shape index (κ3) is 4.49. The van der Waals surface area contributed by atoms with Crippen LogP contribution in [0.25, 0.3) is 16.7 Å². The molecule has 4 rings (SSSR count). The van der Waals surface area contributed by atoms with Gasteiger partial charge in [-0.25, -0.2) is 4.98 Å². The molecule has 1 aromatic carbocycles. The fourth-order valence-electron chi connectivity index (χ4n) is 4.06. The maximum atomic E-state index is 13.4. The Labute approximate surface area is 197 Å². The van der Waals surface area contributed by atoms with Gasteiger partial charge in [0, 0.05) is 26.0 Å². The topological polar surface area (TPSA) is 101 Å². The maximum absolute atomic E-state index is 13.4. The number of nitrogens with one attached hydrogen (secondary N) is 2. The Kier molecular flexibility index (Phi) is 6.88. The van der Waals surface area contributed by atoms with Crippen LogP contribution in [-0.4, -0.2) is 33.1 Å². The molecule has 1 unspecified atom stereocenters. The van der Waals surface area contributed by atoms with E-state index in [0.717, 1.165) is 11.1 Å². The molecule has 0 saturated carbocycles. The van der Waals surface area contributed by atoms with E-state index >= 15 is 0 Å². The van der Waals surface area contributed by atoms with Crippen molar-refractivity contribution in [3.8, 4) is 0 Å². The first-order valence-electron chi connectivity index (χ1n) is 11.5. The van der Waals surface area contributed by atoms with Crippen molar-refractivity contribution in [1.82, 2.24) is 19.3 Å². The summed E-state index contributed by atoms with van der Waals surface area (Å²) < 4.78 is 8.59. The Balaban J connectivity index is 1.85. The van der Waals surface area contributed by atoms with Crippen molar-refractivity contribution >= 4 is 22.6 Å². The lowest BCUT2D eigenvalue weighted by molar-refractivity contribution is 0.0937. The highest BCUT2D eigenvalue weighted by atomic mass is 16.5. The summed E-state index contributed by atoms with van der Waals surface area (Å²) in [5, 5.41) is 12.1. The van der Waals surface area contributed by atoms with E-state index in [9.17, 15) is 9.59 Å². The van der Waals surface area contributed by atoms with Gasteiger partial charge in [0.05, 0.1) is 17.0 Å². The van der Waals surface area contributed by atoms with Gasteiger partial charge in [0.15, 0.2) is 0 Å². The minimum absolute atomic E-state index is 0.0200. The molecule has 0 radical (unpaired) electrons. The average molecular weight is 460 g/mol. The van der Waals surface area contributed by atoms with Crippen LogP contribution < -0.4 is 16.4 Å². The van der Waals surface area contributed by atoms with Gasteiger partial charge in [-0.1, -0.05) is 36.4 Å². The third-order valence-electron chi connectivity index (χ3n) is 5.90. The lowest BCUT2D eigenvalue weighted by Crippen LogP contribution is -2.36. The van der Waals surface area contributed by atoms with Crippen molar-refractivity contribution in [2.24, 2.45) is 0 Å². The summed E-state index contributed by atoms with van der Waals surface area (Å²) in [4.78, 5) is 31.4. The van der Waals surface area contributed by atoms with E-state index in [4.69, 9.17) is 15.1 Å². The summed E-state index contributed by atoms with van der Waals surface area (Å²) in [5.41, 5.74) is 2.63. The predicted molar refractivity (Wildman–Crippen MR) is 131 cm³/mol. The van der Waals surface area contributed by atoms with Gasteiger partial charge in [0.2, 0.25) is 0 Å². The van der Waals surface area contributed by atoms with Gasteiger partial charge in [-0.3, -0.25) is 19.4 Å². The minimum Gasteiger partial charge on any atom is -0.382 e. The molecule has 3 heterocycles. The molecule has 0 aliphatic carbocycles. The van der Waals surface area contributed by atoms with Gasteiger partial charge in [0.25, 0.3) is 11.5 Å². The van der Waals surface area contributed by atoms with Crippen LogP contribution in [0.4, 0.5) is 0 Å². The lowest BCUT2D eigenvalue weighted by Gasteiger charge is -2.17. The molecule has 0 aliphatic heterocycles. The molecular weight excluding hydrogens is 430 g/mol. The SMILES string of the molecule is CCOCCCn1c(=N)c(C(=O)NC(C)c2ccccc2)cc2c(=O)n3cccc(C)c3nc21. The number of ether oxygens (including phenoxy) is 1. The molecule has 1 atom stereocenters. The standard InChI is InChI=1S/C26H29N5O3/c1-4-34-15-9-14-30-22(27)20(25(32)28-18(3)19-11-6-5-7-12-19)16-21-24(30)29-23-17(2)10-8-13-31(23)26(21)33/h5-8,10-13,16,18,27H,4,9,14-15H2,1-3H3,(H,28,32). The van der Waals surface area contributed by atoms with Crippen LogP contribution in [0.5, 0.6) is 0 Å². The van der Waals surface area contributed by atoms with Gasteiger partial charge in [-0.05, 0) is 50.5 Å². The number of carbonyl (C=O) groups excluding carboxylic acids is 1. The molecule has 2 N–H and O–H groups in total. The van der Waals surface area contributed by atoms with Crippen LogP contribution >= 0.6 is 0 Å². The number of carbonyl (C=O) groups is 1. The Morgan fingerprint density at radius 2 is 1.94 bits per heavy atom. The molecule has 3 aromatic heterocycles. The second-order valence-corrected chi connectivity index (χ2v) is 8.25. The van der Waals surface area contributed by atoms with E-state index < -0.39 is 5.91 Å². The van der Waals surface area contributed by atoms with Gasteiger partial charge in [-0.2, -0.15) is 0 Å². The van der Waals surface area contributed by atoms with E-state index in [1.54, 1.807) is 16.8 Å². The highest BCUT2D eigenvalue weighted by Gasteiger charge is 2.19. The Morgan fingerprint density at radius 3 is 2.68 bits per heavy atom. The zero-order valence-corrected chi connectivity index (χ0v) is 19.7. The molecular formula is C26H29N5O3. The Bertz CT molecular complexity index is 1460. The second kappa shape index (κ2) is 10.0.